The molecule has 0 N–H and O–H groups in total. The molecular weight excluding hydrogens is 713 g/mol. The maximum atomic E-state index is 6.76. The van der Waals surface area contributed by atoms with Crippen molar-refractivity contribution in [3.05, 3.63) is 229 Å². The molecule has 0 saturated carbocycles. The molecule has 1 heterocycles. The van der Waals surface area contributed by atoms with Crippen LogP contribution in [0.1, 0.15) is 22.3 Å². The van der Waals surface area contributed by atoms with Gasteiger partial charge in [0.2, 0.25) is 0 Å². The fourth-order valence-corrected chi connectivity index (χ4v) is 29.4. The molecule has 0 unspecified atom stereocenters. The number of hydrogen-bond acceptors (Lipinski definition) is 2. The second kappa shape index (κ2) is 15.1. The van der Waals surface area contributed by atoms with Crippen molar-refractivity contribution in [1.29, 1.82) is 0 Å². The van der Waals surface area contributed by atoms with Gasteiger partial charge in [0.15, 0.2) is 15.2 Å². The molecule has 4 heteroatoms. The molecule has 0 atom stereocenters. The summed E-state index contributed by atoms with van der Waals surface area (Å²) in [5.41, 5.74) is 7.04. The summed E-state index contributed by atoms with van der Waals surface area (Å²) in [7, 11) is -6.16. The van der Waals surface area contributed by atoms with Crippen LogP contribution >= 0.6 is 0 Å². The summed E-state index contributed by atoms with van der Waals surface area (Å²) in [6.07, 6.45) is 0. The van der Waals surface area contributed by atoms with Crippen molar-refractivity contribution in [3.63, 3.8) is 0 Å². The van der Waals surface area contributed by atoms with Crippen LogP contribution in [0.2, 0.25) is 0 Å². The minimum Gasteiger partial charge on any atom is -0.489 e. The monoisotopic (exact) mass is 756 g/mol. The second-order valence-electron chi connectivity index (χ2n) is 14.8. The summed E-state index contributed by atoms with van der Waals surface area (Å²) < 4.78 is 13.5. The SMILES string of the molecule is Cc1cc2c(cc1OCc1ccccc1)-c1cc(OCc3ccccc3)c(C)cc1[Si](c1ccccc1)(c1ccccc1)[Si]2(c1ccccc1)c1ccccc1. The minimum atomic E-state index is -3.08. The zero-order valence-corrected chi connectivity index (χ0v) is 33.9. The topological polar surface area (TPSA) is 18.5 Å². The highest BCUT2D eigenvalue weighted by atomic mass is 29.3. The van der Waals surface area contributed by atoms with Gasteiger partial charge in [0.1, 0.15) is 24.7 Å². The van der Waals surface area contributed by atoms with E-state index in [0.717, 1.165) is 33.8 Å². The van der Waals surface area contributed by atoms with Crippen LogP contribution in [0.25, 0.3) is 11.1 Å². The lowest BCUT2D eigenvalue weighted by molar-refractivity contribution is 0.304. The van der Waals surface area contributed by atoms with Gasteiger partial charge in [0.25, 0.3) is 0 Å². The third-order valence-corrected chi connectivity index (χ3v) is 28.4. The highest BCUT2D eigenvalue weighted by Gasteiger charge is 2.65. The molecule has 0 aliphatic carbocycles. The van der Waals surface area contributed by atoms with Crippen LogP contribution in [0.5, 0.6) is 11.5 Å². The number of fused-ring (bicyclic) bond motifs is 3. The first kappa shape index (κ1) is 35.5. The minimum absolute atomic E-state index is 0.499. The number of benzene rings is 8. The Bertz CT molecular complexity index is 2320. The Morgan fingerprint density at radius 3 is 0.893 bits per heavy atom. The fraction of sp³-hybridized carbons (Fsp3) is 0.0769. The van der Waals surface area contributed by atoms with Crippen LogP contribution in [-0.4, -0.2) is 15.2 Å². The zero-order valence-electron chi connectivity index (χ0n) is 31.9. The average molecular weight is 757 g/mol. The van der Waals surface area contributed by atoms with E-state index in [1.807, 2.05) is 0 Å². The summed E-state index contributed by atoms with van der Waals surface area (Å²) in [4.78, 5) is 0. The molecule has 8 aromatic carbocycles. The van der Waals surface area contributed by atoms with E-state index in [4.69, 9.17) is 9.47 Å². The average Bonchev–Trinajstić information content (AvgIpc) is 3.26. The Hall–Kier alpha value is -6.21. The highest BCUT2D eigenvalue weighted by molar-refractivity contribution is 7.68. The molecule has 1 aliphatic heterocycles. The largest absolute Gasteiger partial charge is 0.489 e. The molecule has 2 nitrogen and oxygen atoms in total. The Balaban J connectivity index is 1.43. The number of hydrogen-bond donors (Lipinski definition) is 0. The molecule has 0 spiro atoms. The Morgan fingerprint density at radius 1 is 0.339 bits per heavy atom. The van der Waals surface area contributed by atoms with Crippen molar-refractivity contribution in [2.24, 2.45) is 0 Å². The number of aryl methyl sites for hydroxylation is 2. The number of rotatable bonds is 10. The van der Waals surface area contributed by atoms with Crippen LogP contribution in [0, 0.1) is 13.8 Å². The van der Waals surface area contributed by atoms with Crippen LogP contribution in [0.3, 0.4) is 0 Å². The molecule has 56 heavy (non-hydrogen) atoms. The summed E-state index contributed by atoms with van der Waals surface area (Å²) in [6, 6.07) is 76.6. The van der Waals surface area contributed by atoms with E-state index in [1.54, 1.807) is 0 Å². The molecular formula is C52H44O2Si2. The first-order valence-electron chi connectivity index (χ1n) is 19.5. The van der Waals surface area contributed by atoms with E-state index >= 15 is 0 Å². The molecule has 0 aromatic heterocycles. The van der Waals surface area contributed by atoms with Gasteiger partial charge in [-0.2, -0.15) is 0 Å². The summed E-state index contributed by atoms with van der Waals surface area (Å²) in [5.74, 6) is 1.81. The van der Waals surface area contributed by atoms with Gasteiger partial charge in [-0.05, 0) is 69.7 Å². The maximum Gasteiger partial charge on any atom is 0.155 e. The third-order valence-electron chi connectivity index (χ3n) is 11.6. The van der Waals surface area contributed by atoms with Gasteiger partial charge >= 0.3 is 0 Å². The van der Waals surface area contributed by atoms with Gasteiger partial charge in [-0.15, -0.1) is 0 Å². The quantitative estimate of drug-likeness (QED) is 0.131. The lowest BCUT2D eigenvalue weighted by Gasteiger charge is -2.54. The molecule has 0 amide bonds. The lowest BCUT2D eigenvalue weighted by atomic mass is 10.0. The normalized spacial score (nSPS) is 13.6. The van der Waals surface area contributed by atoms with Gasteiger partial charge < -0.3 is 9.47 Å². The smallest absolute Gasteiger partial charge is 0.155 e. The summed E-state index contributed by atoms with van der Waals surface area (Å²) in [5, 5.41) is 8.50. The lowest BCUT2D eigenvalue weighted by Crippen LogP contribution is -2.95. The Kier molecular flexibility index (Phi) is 9.60. The standard InChI is InChI=1S/C52H44O2Si2/c1-39-33-51-47(35-49(39)53-37-41-21-9-3-10-22-41)48-36-50(54-38-42-23-11-4-12-24-42)40(2)34-52(48)56(45-29-17-7-18-30-45,46-31-19-8-20-32-46)55(51,43-25-13-5-14-26-43)44-27-15-6-16-28-44/h3-36H,37-38H2,1-2H3. The van der Waals surface area contributed by atoms with Crippen molar-refractivity contribution >= 4 is 46.3 Å². The van der Waals surface area contributed by atoms with E-state index in [9.17, 15) is 0 Å². The predicted octanol–water partition coefficient (Wildman–Crippen LogP) is 8.16. The molecule has 0 radical (unpaired) electrons. The first-order chi connectivity index (χ1) is 27.6. The summed E-state index contributed by atoms with van der Waals surface area (Å²) >= 11 is 0. The maximum absolute atomic E-state index is 6.76. The molecule has 272 valence electrons. The molecule has 0 bridgehead atoms. The van der Waals surface area contributed by atoms with Crippen molar-refractivity contribution in [2.75, 3.05) is 0 Å². The van der Waals surface area contributed by atoms with Crippen molar-refractivity contribution in [2.45, 2.75) is 27.1 Å². The van der Waals surface area contributed by atoms with Crippen LogP contribution in [0.4, 0.5) is 0 Å². The van der Waals surface area contributed by atoms with E-state index in [-0.39, 0.29) is 0 Å². The van der Waals surface area contributed by atoms with Crippen molar-refractivity contribution < 1.29 is 9.47 Å². The van der Waals surface area contributed by atoms with Crippen molar-refractivity contribution in [3.8, 4) is 22.6 Å². The molecule has 8 aromatic rings. The second-order valence-corrected chi connectivity index (χ2v) is 25.7. The Labute approximate surface area is 332 Å². The number of ether oxygens (including phenoxy) is 2. The van der Waals surface area contributed by atoms with Gasteiger partial charge in [-0.1, -0.05) is 215 Å². The predicted molar refractivity (Wildman–Crippen MR) is 238 cm³/mol. The molecule has 9 rings (SSSR count). The van der Waals surface area contributed by atoms with Gasteiger partial charge in [-0.25, -0.2) is 0 Å². The highest BCUT2D eigenvalue weighted by Crippen LogP contribution is 2.39. The molecule has 0 saturated heterocycles. The van der Waals surface area contributed by atoms with Gasteiger partial charge in [0.05, 0.1) is 0 Å². The van der Waals surface area contributed by atoms with Crippen molar-refractivity contribution in [1.82, 2.24) is 0 Å². The van der Waals surface area contributed by atoms with Gasteiger partial charge in [0, 0.05) is 0 Å². The van der Waals surface area contributed by atoms with E-state index in [0.29, 0.717) is 13.2 Å². The molecule has 1 aliphatic rings. The van der Waals surface area contributed by atoms with E-state index in [1.165, 1.54) is 42.2 Å². The Morgan fingerprint density at radius 2 is 0.607 bits per heavy atom. The summed E-state index contributed by atoms with van der Waals surface area (Å²) in [6.45, 7) is 5.45. The van der Waals surface area contributed by atoms with E-state index < -0.39 is 15.2 Å². The zero-order chi connectivity index (χ0) is 38.0. The first-order valence-corrected chi connectivity index (χ1v) is 24.5. The van der Waals surface area contributed by atoms with Gasteiger partial charge in [-0.3, -0.25) is 0 Å². The van der Waals surface area contributed by atoms with Crippen LogP contribution in [0.15, 0.2) is 206 Å². The van der Waals surface area contributed by atoms with Crippen LogP contribution in [-0.2, 0) is 13.2 Å². The third kappa shape index (κ3) is 5.93. The fourth-order valence-electron chi connectivity index (χ4n) is 9.20. The van der Waals surface area contributed by atoms with E-state index in [2.05, 4.69) is 220 Å². The van der Waals surface area contributed by atoms with Crippen LogP contribution < -0.4 is 40.6 Å². The molecule has 0 fully saturated rings.